The highest BCUT2D eigenvalue weighted by molar-refractivity contribution is 5.94. The fourth-order valence-corrected chi connectivity index (χ4v) is 3.21. The number of urea groups is 1. The summed E-state index contributed by atoms with van der Waals surface area (Å²) in [6.07, 6.45) is 2.83. The quantitative estimate of drug-likeness (QED) is 0.699. The van der Waals surface area contributed by atoms with Gasteiger partial charge in [0.05, 0.1) is 0 Å². The minimum absolute atomic E-state index is 0.0338. The lowest BCUT2D eigenvalue weighted by atomic mass is 10.0. The van der Waals surface area contributed by atoms with Crippen molar-refractivity contribution in [2.75, 3.05) is 11.9 Å². The molecular weight excluding hydrogens is 286 g/mol. The number of carbonyl (C=O) groups excluding carboxylic acids is 1. The van der Waals surface area contributed by atoms with Gasteiger partial charge in [-0.3, -0.25) is 0 Å². The monoisotopic (exact) mass is 305 g/mol. The van der Waals surface area contributed by atoms with Crippen molar-refractivity contribution < 1.29 is 4.79 Å². The highest BCUT2D eigenvalue weighted by Crippen LogP contribution is 2.24. The Labute approximate surface area is 135 Å². The van der Waals surface area contributed by atoms with E-state index in [-0.39, 0.29) is 6.03 Å². The molecule has 2 aromatic carbocycles. The number of aromatic nitrogens is 1. The van der Waals surface area contributed by atoms with Gasteiger partial charge in [0.1, 0.15) is 0 Å². The van der Waals surface area contributed by atoms with Gasteiger partial charge in [0.25, 0.3) is 0 Å². The Morgan fingerprint density at radius 3 is 2.87 bits per heavy atom. The smallest absolute Gasteiger partial charge is 0.322 e. The van der Waals surface area contributed by atoms with Crippen LogP contribution < -0.4 is 5.32 Å². The van der Waals surface area contributed by atoms with Crippen molar-refractivity contribution in [1.82, 2.24) is 9.88 Å². The number of aryl methyl sites for hydroxylation is 1. The highest BCUT2D eigenvalue weighted by atomic mass is 16.2. The number of amides is 2. The summed E-state index contributed by atoms with van der Waals surface area (Å²) in [4.78, 5) is 17.7. The van der Waals surface area contributed by atoms with Gasteiger partial charge in [-0.2, -0.15) is 0 Å². The number of hydrogen-bond donors (Lipinski definition) is 2. The summed E-state index contributed by atoms with van der Waals surface area (Å²) in [7, 11) is 0. The topological polar surface area (TPSA) is 48.1 Å². The van der Waals surface area contributed by atoms with E-state index < -0.39 is 0 Å². The van der Waals surface area contributed by atoms with Gasteiger partial charge in [-0.05, 0) is 53.6 Å². The van der Waals surface area contributed by atoms with Crippen molar-refractivity contribution in [2.45, 2.75) is 19.9 Å². The molecule has 0 atom stereocenters. The number of hydrogen-bond acceptors (Lipinski definition) is 1. The lowest BCUT2D eigenvalue weighted by Crippen LogP contribution is -2.38. The molecule has 0 fully saturated rings. The summed E-state index contributed by atoms with van der Waals surface area (Å²) in [6, 6.07) is 14.4. The number of fused-ring (bicyclic) bond motifs is 2. The van der Waals surface area contributed by atoms with E-state index in [4.69, 9.17) is 0 Å². The molecule has 2 heterocycles. The second-order valence-corrected chi connectivity index (χ2v) is 6.10. The Bertz CT molecular complexity index is 881. The zero-order valence-electron chi connectivity index (χ0n) is 13.1. The minimum Gasteiger partial charge on any atom is -0.361 e. The van der Waals surface area contributed by atoms with E-state index in [0.29, 0.717) is 6.54 Å². The zero-order valence-corrected chi connectivity index (χ0v) is 13.1. The molecule has 4 nitrogen and oxygen atoms in total. The first-order valence-electron chi connectivity index (χ1n) is 7.91. The summed E-state index contributed by atoms with van der Waals surface area (Å²) in [5.41, 5.74) is 5.56. The van der Waals surface area contributed by atoms with Crippen molar-refractivity contribution in [3.63, 3.8) is 0 Å². The van der Waals surface area contributed by atoms with Crippen LogP contribution >= 0.6 is 0 Å². The number of nitrogens with one attached hydrogen (secondary N) is 2. The Morgan fingerprint density at radius 1 is 1.17 bits per heavy atom. The van der Waals surface area contributed by atoms with Crippen molar-refractivity contribution >= 4 is 22.6 Å². The van der Waals surface area contributed by atoms with Gasteiger partial charge in [0.2, 0.25) is 0 Å². The number of H-pyrrole nitrogens is 1. The van der Waals surface area contributed by atoms with Crippen LogP contribution in [0.15, 0.2) is 48.7 Å². The minimum atomic E-state index is -0.0338. The largest absolute Gasteiger partial charge is 0.361 e. The zero-order chi connectivity index (χ0) is 15.8. The van der Waals surface area contributed by atoms with E-state index in [0.717, 1.165) is 35.1 Å². The van der Waals surface area contributed by atoms with Crippen molar-refractivity contribution in [1.29, 1.82) is 0 Å². The normalized spacial score (nSPS) is 13.9. The summed E-state index contributed by atoms with van der Waals surface area (Å²) >= 11 is 0. The molecule has 1 aliphatic heterocycles. The van der Waals surface area contributed by atoms with E-state index >= 15 is 0 Å². The molecule has 0 spiro atoms. The second kappa shape index (κ2) is 5.47. The predicted octanol–water partition coefficient (Wildman–Crippen LogP) is 4.07. The first-order chi connectivity index (χ1) is 11.2. The Kier molecular flexibility index (Phi) is 3.30. The molecule has 1 aromatic heterocycles. The fourth-order valence-electron chi connectivity index (χ4n) is 3.21. The van der Waals surface area contributed by atoms with Crippen LogP contribution in [0.25, 0.3) is 10.9 Å². The number of rotatable bonds is 1. The molecule has 2 N–H and O–H groups in total. The van der Waals surface area contributed by atoms with Gasteiger partial charge in [0, 0.05) is 30.5 Å². The van der Waals surface area contributed by atoms with E-state index in [2.05, 4.69) is 34.6 Å². The van der Waals surface area contributed by atoms with E-state index in [1.165, 1.54) is 11.1 Å². The van der Waals surface area contributed by atoms with Crippen LogP contribution in [0.1, 0.15) is 16.7 Å². The van der Waals surface area contributed by atoms with Crippen molar-refractivity contribution in [2.24, 2.45) is 0 Å². The fraction of sp³-hybridized carbons (Fsp3) is 0.211. The average Bonchev–Trinajstić information content (AvgIpc) is 3.01. The maximum atomic E-state index is 12.6. The van der Waals surface area contributed by atoms with Crippen LogP contribution in [0.4, 0.5) is 10.5 Å². The van der Waals surface area contributed by atoms with Gasteiger partial charge in [0.15, 0.2) is 0 Å². The van der Waals surface area contributed by atoms with Crippen LogP contribution in [-0.2, 0) is 13.0 Å². The molecule has 4 heteroatoms. The molecule has 0 bridgehead atoms. The number of anilines is 1. The SMILES string of the molecule is Cc1cc2cc[nH]c2cc1NC(=O)N1CCc2ccccc2C1. The van der Waals surface area contributed by atoms with Crippen molar-refractivity contribution in [3.8, 4) is 0 Å². The lowest BCUT2D eigenvalue weighted by molar-refractivity contribution is 0.206. The molecule has 2 amide bonds. The van der Waals surface area contributed by atoms with Gasteiger partial charge in [-0.15, -0.1) is 0 Å². The molecule has 0 saturated carbocycles. The molecule has 116 valence electrons. The molecule has 0 saturated heterocycles. The third-order valence-electron chi connectivity index (χ3n) is 4.56. The molecule has 4 rings (SSSR count). The summed E-state index contributed by atoms with van der Waals surface area (Å²) in [5, 5.41) is 4.22. The van der Waals surface area contributed by atoms with Crippen LogP contribution in [0, 0.1) is 6.92 Å². The third-order valence-corrected chi connectivity index (χ3v) is 4.56. The molecule has 1 aliphatic rings. The maximum absolute atomic E-state index is 12.6. The van der Waals surface area contributed by atoms with Gasteiger partial charge >= 0.3 is 6.03 Å². The predicted molar refractivity (Wildman–Crippen MR) is 92.6 cm³/mol. The standard InChI is InChI=1S/C19H19N3O/c1-13-10-15-6-8-20-18(15)11-17(13)21-19(23)22-9-7-14-4-2-3-5-16(14)12-22/h2-6,8,10-11,20H,7,9,12H2,1H3,(H,21,23). The first kappa shape index (κ1) is 13.9. The number of carbonyl (C=O) groups is 1. The molecule has 23 heavy (non-hydrogen) atoms. The van der Waals surface area contributed by atoms with E-state index in [9.17, 15) is 4.79 Å². The van der Waals surface area contributed by atoms with Gasteiger partial charge in [-0.1, -0.05) is 24.3 Å². The molecule has 0 unspecified atom stereocenters. The highest BCUT2D eigenvalue weighted by Gasteiger charge is 2.20. The van der Waals surface area contributed by atoms with Gasteiger partial charge < -0.3 is 15.2 Å². The molecule has 3 aromatic rings. The number of nitrogens with zero attached hydrogens (tertiary/aromatic N) is 1. The van der Waals surface area contributed by atoms with E-state index in [1.54, 1.807) is 0 Å². The maximum Gasteiger partial charge on any atom is 0.322 e. The third kappa shape index (κ3) is 2.57. The van der Waals surface area contributed by atoms with E-state index in [1.807, 2.05) is 36.2 Å². The Morgan fingerprint density at radius 2 is 2.00 bits per heavy atom. The second-order valence-electron chi connectivity index (χ2n) is 6.10. The van der Waals surface area contributed by atoms with Crippen LogP contribution in [0.2, 0.25) is 0 Å². The summed E-state index contributed by atoms with van der Waals surface area (Å²) in [5.74, 6) is 0. The van der Waals surface area contributed by atoms with Gasteiger partial charge in [-0.25, -0.2) is 4.79 Å². The van der Waals surface area contributed by atoms with Crippen molar-refractivity contribution in [3.05, 3.63) is 65.4 Å². The first-order valence-corrected chi connectivity index (χ1v) is 7.91. The average molecular weight is 305 g/mol. The summed E-state index contributed by atoms with van der Waals surface area (Å²) < 4.78 is 0. The summed E-state index contributed by atoms with van der Waals surface area (Å²) in [6.45, 7) is 3.45. The number of aromatic amines is 1. The number of benzene rings is 2. The lowest BCUT2D eigenvalue weighted by Gasteiger charge is -2.29. The molecule has 0 radical (unpaired) electrons. The Hall–Kier alpha value is -2.75. The molecular formula is C19H19N3O. The van der Waals surface area contributed by atoms with Crippen LogP contribution in [0.5, 0.6) is 0 Å². The van der Waals surface area contributed by atoms with Crippen LogP contribution in [-0.4, -0.2) is 22.5 Å². The molecule has 0 aliphatic carbocycles. The Balaban J connectivity index is 1.54. The van der Waals surface area contributed by atoms with Crippen LogP contribution in [0.3, 0.4) is 0 Å².